The summed E-state index contributed by atoms with van der Waals surface area (Å²) in [6.07, 6.45) is 0.399. The molecule has 0 bridgehead atoms. The second kappa shape index (κ2) is 5.04. The molecular formula is C13H10Cl2FN5O2. The zero-order chi connectivity index (χ0) is 16.3. The van der Waals surface area contributed by atoms with E-state index in [4.69, 9.17) is 28.3 Å². The Balaban J connectivity index is 1.66. The van der Waals surface area contributed by atoms with Gasteiger partial charge in [0.15, 0.2) is 11.0 Å². The van der Waals surface area contributed by atoms with Crippen molar-refractivity contribution in [1.82, 2.24) is 20.3 Å². The van der Waals surface area contributed by atoms with Crippen molar-refractivity contribution in [2.45, 2.75) is 6.04 Å². The van der Waals surface area contributed by atoms with Gasteiger partial charge < -0.3 is 15.3 Å². The molecule has 2 aromatic heterocycles. The molecule has 7 nitrogen and oxygen atoms in total. The van der Waals surface area contributed by atoms with Crippen LogP contribution in [0.5, 0.6) is 0 Å². The lowest BCUT2D eigenvalue weighted by molar-refractivity contribution is 0.192. The molecule has 1 aliphatic carbocycles. The number of carbonyl (C=O) groups is 1. The van der Waals surface area contributed by atoms with Crippen molar-refractivity contribution in [2.75, 3.05) is 18.0 Å². The van der Waals surface area contributed by atoms with Gasteiger partial charge in [0.25, 0.3) is 0 Å². The fourth-order valence-corrected chi connectivity index (χ4v) is 3.59. The lowest BCUT2D eigenvalue weighted by atomic mass is 10.2. The van der Waals surface area contributed by atoms with E-state index in [-0.39, 0.29) is 33.8 Å². The van der Waals surface area contributed by atoms with E-state index in [1.165, 1.54) is 6.20 Å². The van der Waals surface area contributed by atoms with Gasteiger partial charge in [-0.1, -0.05) is 11.6 Å². The number of amides is 1. The third kappa shape index (κ3) is 2.33. The van der Waals surface area contributed by atoms with Crippen LogP contribution in [0.1, 0.15) is 0 Å². The predicted octanol–water partition coefficient (Wildman–Crippen LogP) is 2.17. The maximum Gasteiger partial charge on any atom is 0.404 e. The molecule has 0 radical (unpaired) electrons. The van der Waals surface area contributed by atoms with Crippen molar-refractivity contribution in [3.63, 3.8) is 0 Å². The number of anilines is 1. The first-order chi connectivity index (χ1) is 11.0. The minimum absolute atomic E-state index is 0.0285. The topological polar surface area (TPSA) is 91.2 Å². The number of pyridine rings is 1. The Hall–Kier alpha value is -1.93. The number of aromatic nitrogens is 3. The third-order valence-corrected chi connectivity index (χ3v) is 4.81. The van der Waals surface area contributed by atoms with E-state index in [0.29, 0.717) is 24.3 Å². The summed E-state index contributed by atoms with van der Waals surface area (Å²) in [4.78, 5) is 24.5. The summed E-state index contributed by atoms with van der Waals surface area (Å²) in [6.45, 7) is 1.23. The molecule has 2 aliphatic rings. The molecule has 1 saturated heterocycles. The van der Waals surface area contributed by atoms with Crippen LogP contribution in [0.25, 0.3) is 10.9 Å². The first kappa shape index (κ1) is 14.6. The highest BCUT2D eigenvalue weighted by Gasteiger charge is 2.57. The van der Waals surface area contributed by atoms with Crippen molar-refractivity contribution in [2.24, 2.45) is 11.8 Å². The monoisotopic (exact) mass is 357 g/mol. The second-order valence-electron chi connectivity index (χ2n) is 5.65. The van der Waals surface area contributed by atoms with Crippen LogP contribution in [0.3, 0.4) is 0 Å². The molecule has 1 amide bonds. The summed E-state index contributed by atoms with van der Waals surface area (Å²) >= 11 is 11.6. The smallest absolute Gasteiger partial charge is 0.404 e. The van der Waals surface area contributed by atoms with E-state index >= 15 is 0 Å². The molecule has 0 aromatic carbocycles. The fraction of sp³-hybridized carbons (Fsp3) is 0.385. The van der Waals surface area contributed by atoms with Crippen molar-refractivity contribution < 1.29 is 14.3 Å². The minimum Gasteiger partial charge on any atom is -0.465 e. The Bertz CT molecular complexity index is 824. The highest BCUT2D eigenvalue weighted by atomic mass is 35.5. The molecule has 2 N–H and O–H groups in total. The van der Waals surface area contributed by atoms with Crippen molar-refractivity contribution >= 4 is 46.0 Å². The lowest BCUT2D eigenvalue weighted by Crippen LogP contribution is -2.34. The van der Waals surface area contributed by atoms with Crippen LogP contribution in [0.4, 0.5) is 15.0 Å². The van der Waals surface area contributed by atoms with Crippen LogP contribution in [0.2, 0.25) is 10.4 Å². The van der Waals surface area contributed by atoms with Gasteiger partial charge in [0, 0.05) is 37.2 Å². The van der Waals surface area contributed by atoms with Gasteiger partial charge in [-0.2, -0.15) is 4.98 Å². The number of hydrogen-bond acceptors (Lipinski definition) is 5. The van der Waals surface area contributed by atoms with Crippen molar-refractivity contribution in [3.05, 3.63) is 22.5 Å². The van der Waals surface area contributed by atoms with E-state index in [1.54, 1.807) is 0 Å². The maximum atomic E-state index is 14.1. The van der Waals surface area contributed by atoms with Crippen molar-refractivity contribution in [1.29, 1.82) is 0 Å². The first-order valence-electron chi connectivity index (χ1n) is 6.87. The molecule has 3 heterocycles. The van der Waals surface area contributed by atoms with E-state index in [9.17, 15) is 9.18 Å². The van der Waals surface area contributed by atoms with Gasteiger partial charge in [0.05, 0.1) is 5.39 Å². The number of fused-ring (bicyclic) bond motifs is 2. The molecule has 1 unspecified atom stereocenters. The molecular weight excluding hydrogens is 348 g/mol. The number of hydrogen-bond donors (Lipinski definition) is 2. The van der Waals surface area contributed by atoms with Crippen LogP contribution >= 0.6 is 23.2 Å². The Labute approximate surface area is 139 Å². The quantitative estimate of drug-likeness (QED) is 0.632. The zero-order valence-electron chi connectivity index (χ0n) is 11.5. The van der Waals surface area contributed by atoms with Gasteiger partial charge in [-0.05, 0) is 11.6 Å². The lowest BCUT2D eigenvalue weighted by Gasteiger charge is -2.22. The molecule has 1 aliphatic heterocycles. The van der Waals surface area contributed by atoms with E-state index in [2.05, 4.69) is 20.3 Å². The predicted molar refractivity (Wildman–Crippen MR) is 81.5 cm³/mol. The molecule has 3 atom stereocenters. The Morgan fingerprint density at radius 1 is 1.35 bits per heavy atom. The second-order valence-corrected chi connectivity index (χ2v) is 6.35. The normalized spacial score (nSPS) is 25.5. The van der Waals surface area contributed by atoms with Crippen LogP contribution < -0.4 is 10.2 Å². The Kier molecular flexibility index (Phi) is 3.21. The molecule has 2 aromatic rings. The van der Waals surface area contributed by atoms with E-state index in [0.717, 1.165) is 0 Å². The SMILES string of the molecule is O=C(O)NC1[C@H]2CN(c3nc(Cl)nc4c(F)c(Cl)ncc34)C[C@@H]12. The highest BCUT2D eigenvalue weighted by Crippen LogP contribution is 2.47. The van der Waals surface area contributed by atoms with Crippen LogP contribution in [0.15, 0.2) is 6.20 Å². The number of carboxylic acid groups (broad SMARTS) is 1. The summed E-state index contributed by atoms with van der Waals surface area (Å²) < 4.78 is 14.1. The van der Waals surface area contributed by atoms with Crippen LogP contribution in [-0.2, 0) is 0 Å². The van der Waals surface area contributed by atoms with Gasteiger partial charge in [0.1, 0.15) is 11.3 Å². The van der Waals surface area contributed by atoms with Gasteiger partial charge >= 0.3 is 6.09 Å². The third-order valence-electron chi connectivity index (χ3n) is 4.38. The average Bonchev–Trinajstić information content (AvgIpc) is 2.95. The maximum absolute atomic E-state index is 14.1. The largest absolute Gasteiger partial charge is 0.465 e. The van der Waals surface area contributed by atoms with Crippen molar-refractivity contribution in [3.8, 4) is 0 Å². The molecule has 4 rings (SSSR count). The number of rotatable bonds is 2. The van der Waals surface area contributed by atoms with Crippen LogP contribution in [-0.4, -0.2) is 45.3 Å². The summed E-state index contributed by atoms with van der Waals surface area (Å²) in [6, 6.07) is -0.0309. The van der Waals surface area contributed by atoms with Crippen LogP contribution in [0, 0.1) is 17.7 Å². The molecule has 2 fully saturated rings. The van der Waals surface area contributed by atoms with Gasteiger partial charge in [-0.25, -0.2) is 19.2 Å². The Morgan fingerprint density at radius 2 is 2.04 bits per heavy atom. The van der Waals surface area contributed by atoms with E-state index in [1.807, 2.05) is 4.90 Å². The molecule has 10 heteroatoms. The summed E-state index contributed by atoms with van der Waals surface area (Å²) in [5.74, 6) is 0.203. The molecule has 23 heavy (non-hydrogen) atoms. The zero-order valence-corrected chi connectivity index (χ0v) is 13.0. The van der Waals surface area contributed by atoms with Gasteiger partial charge in [0.2, 0.25) is 5.28 Å². The number of nitrogens with one attached hydrogen (secondary N) is 1. The van der Waals surface area contributed by atoms with Gasteiger partial charge in [-0.3, -0.25) is 0 Å². The average molecular weight is 358 g/mol. The summed E-state index contributed by atoms with van der Waals surface area (Å²) in [7, 11) is 0. The molecule has 0 spiro atoms. The molecule has 120 valence electrons. The Morgan fingerprint density at radius 3 is 2.70 bits per heavy atom. The molecule has 1 saturated carbocycles. The number of nitrogens with zero attached hydrogens (tertiary/aromatic N) is 4. The van der Waals surface area contributed by atoms with E-state index < -0.39 is 11.9 Å². The highest BCUT2D eigenvalue weighted by molar-refractivity contribution is 6.30. The standard InChI is InChI=1S/C13H10Cl2FN5O2/c14-10-7(16)9-4(1-17-10)11(20-12(15)18-9)21-2-5-6(3-21)8(5)19-13(22)23/h1,5-6,8,19H,2-3H2,(H,22,23)/t5-,6+,8?. The number of piperidine rings is 1. The fourth-order valence-electron chi connectivity index (χ4n) is 3.29. The summed E-state index contributed by atoms with van der Waals surface area (Å²) in [5.41, 5.74) is 0.0285. The van der Waals surface area contributed by atoms with Gasteiger partial charge in [-0.15, -0.1) is 0 Å². The minimum atomic E-state index is -1.02. The summed E-state index contributed by atoms with van der Waals surface area (Å²) in [5, 5.41) is 11.4. The first-order valence-corrected chi connectivity index (χ1v) is 7.63. The number of halogens is 3.